The fourth-order valence-corrected chi connectivity index (χ4v) is 2.90. The normalized spacial score (nSPS) is 17.0. The van der Waals surface area contributed by atoms with Crippen molar-refractivity contribution in [3.8, 4) is 5.75 Å². The number of halogens is 1. The molecule has 0 radical (unpaired) electrons. The third kappa shape index (κ3) is 4.27. The van der Waals surface area contributed by atoms with Crippen LogP contribution in [0.3, 0.4) is 0 Å². The van der Waals surface area contributed by atoms with Crippen molar-refractivity contribution >= 4 is 23.5 Å². The molecule has 1 aromatic rings. The summed E-state index contributed by atoms with van der Waals surface area (Å²) in [6.07, 6.45) is 1.57. The fourth-order valence-electron chi connectivity index (χ4n) is 2.67. The van der Waals surface area contributed by atoms with Crippen LogP contribution in [0.5, 0.6) is 5.75 Å². The van der Waals surface area contributed by atoms with Gasteiger partial charge in [-0.3, -0.25) is 9.69 Å². The van der Waals surface area contributed by atoms with Crippen LogP contribution < -0.4 is 10.1 Å². The van der Waals surface area contributed by atoms with Gasteiger partial charge >= 0.3 is 6.03 Å². The monoisotopic (exact) mass is 366 g/mol. The van der Waals surface area contributed by atoms with Crippen LogP contribution in [-0.4, -0.2) is 35.5 Å². The van der Waals surface area contributed by atoms with Crippen molar-refractivity contribution in [2.24, 2.45) is 0 Å². The van der Waals surface area contributed by atoms with Crippen LogP contribution in [0.2, 0.25) is 5.02 Å². The van der Waals surface area contributed by atoms with Gasteiger partial charge in [0.2, 0.25) is 0 Å². The maximum atomic E-state index is 12.1. The van der Waals surface area contributed by atoms with Gasteiger partial charge in [-0.15, -0.1) is 0 Å². The molecule has 1 N–H and O–H groups in total. The highest BCUT2D eigenvalue weighted by molar-refractivity contribution is 6.32. The minimum Gasteiger partial charge on any atom is -0.492 e. The molecular formula is C19H27ClN2O3. The quantitative estimate of drug-likeness (QED) is 0.583. The molecule has 1 saturated heterocycles. The summed E-state index contributed by atoms with van der Waals surface area (Å²) in [5, 5.41) is 3.24. The summed E-state index contributed by atoms with van der Waals surface area (Å²) in [5.41, 5.74) is 0.413. The molecular weight excluding hydrogens is 340 g/mol. The zero-order valence-corrected chi connectivity index (χ0v) is 16.4. The molecule has 0 unspecified atom stereocenters. The first-order valence-electron chi connectivity index (χ1n) is 8.65. The maximum absolute atomic E-state index is 12.1. The molecule has 0 bridgehead atoms. The number of hydrogen-bond donors (Lipinski definition) is 1. The van der Waals surface area contributed by atoms with Crippen molar-refractivity contribution < 1.29 is 14.3 Å². The number of ether oxygens (including phenoxy) is 1. The molecule has 6 heteroatoms. The number of rotatable bonds is 7. The lowest BCUT2D eigenvalue weighted by atomic mass is 9.82. The highest BCUT2D eigenvalue weighted by atomic mass is 35.5. The second kappa shape index (κ2) is 7.24. The molecule has 0 spiro atoms. The third-order valence-electron chi connectivity index (χ3n) is 4.83. The van der Waals surface area contributed by atoms with Crippen LogP contribution in [0, 0.1) is 0 Å². The summed E-state index contributed by atoms with van der Waals surface area (Å²) in [6.45, 7) is 10.6. The summed E-state index contributed by atoms with van der Waals surface area (Å²) in [4.78, 5) is 25.1. The molecule has 3 amide bonds. The Bertz CT molecular complexity index is 671. The van der Waals surface area contributed by atoms with Crippen molar-refractivity contribution in [3.63, 3.8) is 0 Å². The number of imide groups is 1. The van der Waals surface area contributed by atoms with Gasteiger partial charge in [-0.1, -0.05) is 38.4 Å². The van der Waals surface area contributed by atoms with Crippen molar-refractivity contribution in [2.75, 3.05) is 13.2 Å². The van der Waals surface area contributed by atoms with E-state index in [4.69, 9.17) is 16.3 Å². The lowest BCUT2D eigenvalue weighted by Gasteiger charge is -2.24. The highest BCUT2D eigenvalue weighted by Gasteiger charge is 2.43. The Balaban J connectivity index is 1.89. The fraction of sp³-hybridized carbons (Fsp3) is 0.579. The van der Waals surface area contributed by atoms with E-state index in [1.165, 1.54) is 10.5 Å². The molecule has 138 valence electrons. The Kier molecular flexibility index (Phi) is 5.67. The van der Waals surface area contributed by atoms with Crippen LogP contribution in [0.1, 0.15) is 53.0 Å². The topological polar surface area (TPSA) is 58.6 Å². The van der Waals surface area contributed by atoms with Gasteiger partial charge in [0.15, 0.2) is 0 Å². The molecule has 1 aromatic carbocycles. The number of benzene rings is 1. The Morgan fingerprint density at radius 3 is 2.48 bits per heavy atom. The number of nitrogens with zero attached hydrogens (tertiary/aromatic N) is 1. The summed E-state index contributed by atoms with van der Waals surface area (Å²) < 4.78 is 5.72. The van der Waals surface area contributed by atoms with Gasteiger partial charge < -0.3 is 10.1 Å². The second-order valence-corrected chi connectivity index (χ2v) is 8.00. The Morgan fingerprint density at radius 1 is 1.28 bits per heavy atom. The van der Waals surface area contributed by atoms with Gasteiger partial charge in [0.25, 0.3) is 5.91 Å². The largest absolute Gasteiger partial charge is 0.492 e. The van der Waals surface area contributed by atoms with Crippen LogP contribution in [0.25, 0.3) is 0 Å². The standard InChI is InChI=1S/C19H27ClN2O3/c1-6-18(2,3)13-8-9-15(14(20)12-13)25-11-7-10-22-16(23)19(4,5)21-17(22)24/h8-9,12H,6-7,10-11H2,1-5H3,(H,21,24). The lowest BCUT2D eigenvalue weighted by Crippen LogP contribution is -2.40. The third-order valence-corrected chi connectivity index (χ3v) is 5.12. The molecule has 0 aliphatic carbocycles. The molecule has 2 rings (SSSR count). The predicted molar refractivity (Wildman–Crippen MR) is 99.2 cm³/mol. The highest BCUT2D eigenvalue weighted by Crippen LogP contribution is 2.33. The van der Waals surface area contributed by atoms with E-state index in [0.717, 1.165) is 6.42 Å². The Hall–Kier alpha value is -1.75. The molecule has 5 nitrogen and oxygen atoms in total. The van der Waals surface area contributed by atoms with Gasteiger partial charge in [0, 0.05) is 6.54 Å². The molecule has 0 aromatic heterocycles. The number of nitrogens with one attached hydrogen (secondary N) is 1. The van der Waals surface area contributed by atoms with E-state index in [1.807, 2.05) is 18.2 Å². The van der Waals surface area contributed by atoms with E-state index in [-0.39, 0.29) is 17.4 Å². The van der Waals surface area contributed by atoms with E-state index in [9.17, 15) is 9.59 Å². The van der Waals surface area contributed by atoms with Crippen molar-refractivity contribution in [1.29, 1.82) is 0 Å². The molecule has 1 fully saturated rings. The zero-order chi connectivity index (χ0) is 18.8. The number of hydrogen-bond acceptors (Lipinski definition) is 3. The lowest BCUT2D eigenvalue weighted by molar-refractivity contribution is -0.130. The zero-order valence-electron chi connectivity index (χ0n) is 15.6. The number of urea groups is 1. The van der Waals surface area contributed by atoms with Crippen molar-refractivity contribution in [1.82, 2.24) is 10.2 Å². The molecule has 0 atom stereocenters. The van der Waals surface area contributed by atoms with Crippen LogP contribution in [0.4, 0.5) is 4.79 Å². The number of carbonyl (C=O) groups excluding carboxylic acids is 2. The maximum Gasteiger partial charge on any atom is 0.325 e. The average molecular weight is 367 g/mol. The molecule has 0 saturated carbocycles. The molecule has 1 heterocycles. The van der Waals surface area contributed by atoms with Gasteiger partial charge in [0.05, 0.1) is 11.6 Å². The summed E-state index contributed by atoms with van der Waals surface area (Å²) in [5.74, 6) is 0.413. The minimum absolute atomic E-state index is 0.0679. The van der Waals surface area contributed by atoms with Gasteiger partial charge in [-0.2, -0.15) is 0 Å². The van der Waals surface area contributed by atoms with Crippen LogP contribution in [0.15, 0.2) is 18.2 Å². The number of amides is 3. The predicted octanol–water partition coefficient (Wildman–Crippen LogP) is 4.13. The first-order chi connectivity index (χ1) is 11.6. The summed E-state index contributed by atoms with van der Waals surface area (Å²) in [6, 6.07) is 5.51. The van der Waals surface area contributed by atoms with Gasteiger partial charge in [0.1, 0.15) is 11.3 Å². The van der Waals surface area contributed by atoms with E-state index in [1.54, 1.807) is 13.8 Å². The molecule has 25 heavy (non-hydrogen) atoms. The molecule has 1 aliphatic heterocycles. The van der Waals surface area contributed by atoms with Crippen molar-refractivity contribution in [2.45, 2.75) is 58.4 Å². The Morgan fingerprint density at radius 2 is 1.96 bits per heavy atom. The van der Waals surface area contributed by atoms with E-state index in [0.29, 0.717) is 30.3 Å². The summed E-state index contributed by atoms with van der Waals surface area (Å²) >= 11 is 6.33. The minimum atomic E-state index is -0.830. The van der Waals surface area contributed by atoms with Gasteiger partial charge in [-0.05, 0) is 49.8 Å². The SMILES string of the molecule is CCC(C)(C)c1ccc(OCCCN2C(=O)NC(C)(C)C2=O)c(Cl)c1. The summed E-state index contributed by atoms with van der Waals surface area (Å²) in [7, 11) is 0. The van der Waals surface area contributed by atoms with E-state index in [2.05, 4.69) is 26.1 Å². The van der Waals surface area contributed by atoms with Gasteiger partial charge in [-0.25, -0.2) is 4.79 Å². The molecule has 1 aliphatic rings. The van der Waals surface area contributed by atoms with Crippen LogP contribution >= 0.6 is 11.6 Å². The smallest absolute Gasteiger partial charge is 0.325 e. The van der Waals surface area contributed by atoms with Crippen LogP contribution in [-0.2, 0) is 10.2 Å². The van der Waals surface area contributed by atoms with Crippen molar-refractivity contribution in [3.05, 3.63) is 28.8 Å². The Labute approximate surface area is 154 Å². The first-order valence-corrected chi connectivity index (χ1v) is 9.03. The average Bonchev–Trinajstić information content (AvgIpc) is 2.73. The second-order valence-electron chi connectivity index (χ2n) is 7.60. The van der Waals surface area contributed by atoms with E-state index >= 15 is 0 Å². The number of carbonyl (C=O) groups is 2. The first kappa shape index (κ1) is 19.6. The van der Waals surface area contributed by atoms with E-state index < -0.39 is 5.54 Å².